The van der Waals surface area contributed by atoms with Crippen molar-refractivity contribution in [1.82, 2.24) is 14.7 Å². The van der Waals surface area contributed by atoms with E-state index in [0.717, 1.165) is 48.8 Å². The Kier molecular flexibility index (Phi) is 3.86. The van der Waals surface area contributed by atoms with Crippen molar-refractivity contribution in [1.29, 1.82) is 0 Å². The highest BCUT2D eigenvalue weighted by atomic mass is 16.6. The predicted molar refractivity (Wildman–Crippen MR) is 85.3 cm³/mol. The fraction of sp³-hybridized carbons (Fsp3) is 0.412. The van der Waals surface area contributed by atoms with E-state index in [1.807, 2.05) is 16.8 Å². The van der Waals surface area contributed by atoms with E-state index >= 15 is 0 Å². The van der Waals surface area contributed by atoms with Crippen molar-refractivity contribution in [2.75, 3.05) is 19.8 Å². The monoisotopic (exact) mass is 329 g/mol. The Bertz CT molecular complexity index is 771. The maximum absolute atomic E-state index is 11.1. The molecule has 0 spiro atoms. The second-order valence-electron chi connectivity index (χ2n) is 6.09. The molecule has 2 aliphatic rings. The van der Waals surface area contributed by atoms with Crippen LogP contribution in [-0.4, -0.2) is 45.5 Å². The van der Waals surface area contributed by atoms with Crippen molar-refractivity contribution in [3.8, 4) is 11.5 Å². The molecule has 2 aliphatic heterocycles. The summed E-state index contributed by atoms with van der Waals surface area (Å²) in [6, 6.07) is 7.70. The van der Waals surface area contributed by atoms with Crippen LogP contribution in [0.1, 0.15) is 28.2 Å². The number of nitrogens with zero attached hydrogens (tertiary/aromatic N) is 3. The molecule has 0 bridgehead atoms. The highest BCUT2D eigenvalue weighted by molar-refractivity contribution is 5.85. The summed E-state index contributed by atoms with van der Waals surface area (Å²) in [4.78, 5) is 13.4. The third kappa shape index (κ3) is 2.94. The van der Waals surface area contributed by atoms with E-state index < -0.39 is 5.97 Å². The van der Waals surface area contributed by atoms with Crippen LogP contribution >= 0.6 is 0 Å². The number of hydrogen-bond acceptors (Lipinski definition) is 5. The van der Waals surface area contributed by atoms with Crippen LogP contribution in [0.3, 0.4) is 0 Å². The standard InChI is InChI=1S/C17H19N3O4/c21-17(22)14-9-13-11-19(4-1-5-20(13)18-14)10-12-2-3-15-16(8-12)24-7-6-23-15/h2-3,8-9H,1,4-7,10-11H2,(H,21,22). The third-order valence-electron chi connectivity index (χ3n) is 4.33. The van der Waals surface area contributed by atoms with Gasteiger partial charge in [0.25, 0.3) is 0 Å². The number of ether oxygens (including phenoxy) is 2. The van der Waals surface area contributed by atoms with Gasteiger partial charge in [-0.3, -0.25) is 9.58 Å². The number of carbonyl (C=O) groups is 1. The molecule has 2 aromatic rings. The molecular formula is C17H19N3O4. The first-order valence-electron chi connectivity index (χ1n) is 8.10. The quantitative estimate of drug-likeness (QED) is 0.925. The molecule has 0 unspecified atom stereocenters. The fourth-order valence-electron chi connectivity index (χ4n) is 3.21. The van der Waals surface area contributed by atoms with Crippen LogP contribution in [0.5, 0.6) is 11.5 Å². The lowest BCUT2D eigenvalue weighted by atomic mass is 10.1. The summed E-state index contributed by atoms with van der Waals surface area (Å²) >= 11 is 0. The molecule has 24 heavy (non-hydrogen) atoms. The summed E-state index contributed by atoms with van der Waals surface area (Å²) in [5.41, 5.74) is 2.22. The molecule has 1 aromatic heterocycles. The van der Waals surface area contributed by atoms with Crippen LogP contribution in [0.15, 0.2) is 24.3 Å². The van der Waals surface area contributed by atoms with E-state index in [9.17, 15) is 4.79 Å². The Balaban J connectivity index is 1.51. The molecule has 0 fully saturated rings. The topological polar surface area (TPSA) is 76.8 Å². The molecule has 3 heterocycles. The fourth-order valence-corrected chi connectivity index (χ4v) is 3.21. The predicted octanol–water partition coefficient (Wildman–Crippen LogP) is 1.76. The molecule has 0 saturated heterocycles. The summed E-state index contributed by atoms with van der Waals surface area (Å²) < 4.78 is 13.0. The van der Waals surface area contributed by atoms with Gasteiger partial charge >= 0.3 is 5.97 Å². The SMILES string of the molecule is O=C(O)c1cc2n(n1)CCCN(Cc1ccc3c(c1)OCCO3)C2. The zero-order valence-corrected chi connectivity index (χ0v) is 13.3. The minimum Gasteiger partial charge on any atom is -0.486 e. The Hall–Kier alpha value is -2.54. The van der Waals surface area contributed by atoms with E-state index in [1.165, 1.54) is 0 Å². The number of rotatable bonds is 3. The van der Waals surface area contributed by atoms with Gasteiger partial charge in [0.15, 0.2) is 17.2 Å². The number of aromatic nitrogens is 2. The van der Waals surface area contributed by atoms with Crippen molar-refractivity contribution in [3.05, 3.63) is 41.2 Å². The van der Waals surface area contributed by atoms with Gasteiger partial charge in [0.1, 0.15) is 13.2 Å². The van der Waals surface area contributed by atoms with E-state index in [2.05, 4.69) is 16.1 Å². The number of carboxylic acids is 1. The molecule has 1 N–H and O–H groups in total. The van der Waals surface area contributed by atoms with Crippen LogP contribution < -0.4 is 9.47 Å². The number of carboxylic acid groups (broad SMARTS) is 1. The molecule has 0 saturated carbocycles. The first-order chi connectivity index (χ1) is 11.7. The van der Waals surface area contributed by atoms with Gasteiger partial charge in [0.05, 0.1) is 5.69 Å². The minimum atomic E-state index is -0.978. The summed E-state index contributed by atoms with van der Waals surface area (Å²) in [5, 5.41) is 13.3. The van der Waals surface area contributed by atoms with Gasteiger partial charge in [-0.2, -0.15) is 5.10 Å². The van der Waals surface area contributed by atoms with Crippen LogP contribution in [-0.2, 0) is 19.6 Å². The van der Waals surface area contributed by atoms with E-state index in [0.29, 0.717) is 19.8 Å². The average molecular weight is 329 g/mol. The molecule has 126 valence electrons. The van der Waals surface area contributed by atoms with Gasteiger partial charge in [-0.25, -0.2) is 4.79 Å². The maximum Gasteiger partial charge on any atom is 0.356 e. The van der Waals surface area contributed by atoms with E-state index in [-0.39, 0.29) is 5.69 Å². The Morgan fingerprint density at radius 1 is 1.17 bits per heavy atom. The number of fused-ring (bicyclic) bond motifs is 2. The lowest BCUT2D eigenvalue weighted by Crippen LogP contribution is -2.23. The van der Waals surface area contributed by atoms with Crippen LogP contribution in [0, 0.1) is 0 Å². The second kappa shape index (κ2) is 6.16. The summed E-state index contributed by atoms with van der Waals surface area (Å²) in [6.45, 7) is 4.34. The first kappa shape index (κ1) is 15.0. The Morgan fingerprint density at radius 3 is 2.83 bits per heavy atom. The van der Waals surface area contributed by atoms with Gasteiger partial charge in [-0.15, -0.1) is 0 Å². The lowest BCUT2D eigenvalue weighted by Gasteiger charge is -2.22. The van der Waals surface area contributed by atoms with E-state index in [1.54, 1.807) is 6.07 Å². The van der Waals surface area contributed by atoms with Gasteiger partial charge < -0.3 is 14.6 Å². The van der Waals surface area contributed by atoms with Crippen LogP contribution in [0.4, 0.5) is 0 Å². The molecule has 0 radical (unpaired) electrons. The van der Waals surface area contributed by atoms with Gasteiger partial charge in [0, 0.05) is 26.2 Å². The summed E-state index contributed by atoms with van der Waals surface area (Å²) in [5.74, 6) is 0.616. The van der Waals surface area contributed by atoms with Crippen LogP contribution in [0.25, 0.3) is 0 Å². The minimum absolute atomic E-state index is 0.117. The lowest BCUT2D eigenvalue weighted by molar-refractivity contribution is 0.0689. The molecule has 0 amide bonds. The van der Waals surface area contributed by atoms with Crippen molar-refractivity contribution in [2.24, 2.45) is 0 Å². The molecular weight excluding hydrogens is 310 g/mol. The summed E-state index contributed by atoms with van der Waals surface area (Å²) in [6.07, 6.45) is 0.943. The molecule has 7 heteroatoms. The highest BCUT2D eigenvalue weighted by Crippen LogP contribution is 2.31. The van der Waals surface area contributed by atoms with Gasteiger partial charge in [-0.1, -0.05) is 6.07 Å². The largest absolute Gasteiger partial charge is 0.486 e. The normalized spacial score (nSPS) is 17.2. The molecule has 0 aliphatic carbocycles. The van der Waals surface area contributed by atoms with Crippen molar-refractivity contribution < 1.29 is 19.4 Å². The second-order valence-corrected chi connectivity index (χ2v) is 6.09. The Morgan fingerprint density at radius 2 is 2.00 bits per heavy atom. The number of hydrogen-bond donors (Lipinski definition) is 1. The van der Waals surface area contributed by atoms with Crippen molar-refractivity contribution in [3.63, 3.8) is 0 Å². The van der Waals surface area contributed by atoms with Crippen molar-refractivity contribution >= 4 is 5.97 Å². The smallest absolute Gasteiger partial charge is 0.356 e. The molecule has 7 nitrogen and oxygen atoms in total. The number of benzene rings is 1. The highest BCUT2D eigenvalue weighted by Gasteiger charge is 2.20. The number of aromatic carboxylic acids is 1. The zero-order valence-electron chi connectivity index (χ0n) is 13.3. The summed E-state index contributed by atoms with van der Waals surface area (Å²) in [7, 11) is 0. The first-order valence-corrected chi connectivity index (χ1v) is 8.10. The van der Waals surface area contributed by atoms with E-state index in [4.69, 9.17) is 14.6 Å². The zero-order chi connectivity index (χ0) is 16.5. The Labute approximate surface area is 139 Å². The van der Waals surface area contributed by atoms with Gasteiger partial charge in [-0.05, 0) is 30.2 Å². The molecule has 0 atom stereocenters. The van der Waals surface area contributed by atoms with Crippen molar-refractivity contribution in [2.45, 2.75) is 26.1 Å². The maximum atomic E-state index is 11.1. The van der Waals surface area contributed by atoms with Gasteiger partial charge in [0.2, 0.25) is 0 Å². The van der Waals surface area contributed by atoms with Crippen LogP contribution in [0.2, 0.25) is 0 Å². The number of aryl methyl sites for hydroxylation is 1. The molecule has 4 rings (SSSR count). The average Bonchev–Trinajstić information content (AvgIpc) is 2.89. The molecule has 1 aromatic carbocycles. The third-order valence-corrected chi connectivity index (χ3v) is 4.33.